The number of benzene rings is 1. The molecular weight excluding hydrogens is 311 g/mol. The van der Waals surface area contributed by atoms with E-state index in [9.17, 15) is 14.3 Å². The average molecular weight is 338 g/mol. The normalized spacial score (nSPS) is 20.5. The van der Waals surface area contributed by atoms with E-state index in [4.69, 9.17) is 4.74 Å². The molecule has 0 heterocycles. The molecule has 2 atom stereocenters. The Bertz CT molecular complexity index is 553. The first-order chi connectivity index (χ1) is 11.5. The SMILES string of the molecule is CCOc1ccc(CNC(=O)N(C)CC2CCCCC2O)cc1F. The number of aliphatic hydroxyl groups is 1. The van der Waals surface area contributed by atoms with Gasteiger partial charge in [0.05, 0.1) is 12.7 Å². The molecule has 0 saturated heterocycles. The summed E-state index contributed by atoms with van der Waals surface area (Å²) >= 11 is 0. The van der Waals surface area contributed by atoms with Crippen LogP contribution in [0.1, 0.15) is 38.2 Å². The second kappa shape index (κ2) is 8.87. The van der Waals surface area contributed by atoms with Gasteiger partial charge in [-0.05, 0) is 37.5 Å². The summed E-state index contributed by atoms with van der Waals surface area (Å²) in [7, 11) is 1.72. The van der Waals surface area contributed by atoms with Crippen LogP contribution in [0.4, 0.5) is 9.18 Å². The van der Waals surface area contributed by atoms with Crippen molar-refractivity contribution in [1.29, 1.82) is 0 Å². The Balaban J connectivity index is 1.82. The minimum Gasteiger partial charge on any atom is -0.491 e. The number of urea groups is 1. The Morgan fingerprint density at radius 1 is 1.42 bits per heavy atom. The number of halogens is 1. The molecule has 1 fully saturated rings. The first-order valence-electron chi connectivity index (χ1n) is 8.59. The topological polar surface area (TPSA) is 61.8 Å². The molecule has 134 valence electrons. The predicted octanol–water partition coefficient (Wildman–Crippen LogP) is 2.92. The molecule has 0 aromatic heterocycles. The maximum absolute atomic E-state index is 13.8. The molecule has 1 aromatic rings. The summed E-state index contributed by atoms with van der Waals surface area (Å²) in [5.41, 5.74) is 0.676. The van der Waals surface area contributed by atoms with E-state index in [1.54, 1.807) is 31.0 Å². The third kappa shape index (κ3) is 5.09. The molecule has 1 aromatic carbocycles. The van der Waals surface area contributed by atoms with E-state index < -0.39 is 5.82 Å². The van der Waals surface area contributed by atoms with Gasteiger partial charge < -0.3 is 20.1 Å². The maximum Gasteiger partial charge on any atom is 0.317 e. The third-order valence-corrected chi connectivity index (χ3v) is 4.46. The molecule has 24 heavy (non-hydrogen) atoms. The van der Waals surface area contributed by atoms with Gasteiger partial charge >= 0.3 is 6.03 Å². The van der Waals surface area contributed by atoms with Crippen LogP contribution >= 0.6 is 0 Å². The Kier molecular flexibility index (Phi) is 6.85. The van der Waals surface area contributed by atoms with Gasteiger partial charge in [0, 0.05) is 26.1 Å². The monoisotopic (exact) mass is 338 g/mol. The Morgan fingerprint density at radius 2 is 2.17 bits per heavy atom. The van der Waals surface area contributed by atoms with Crippen LogP contribution < -0.4 is 10.1 Å². The van der Waals surface area contributed by atoms with Gasteiger partial charge in [0.2, 0.25) is 0 Å². The number of carbonyl (C=O) groups is 1. The average Bonchev–Trinajstić information content (AvgIpc) is 2.57. The van der Waals surface area contributed by atoms with Crippen LogP contribution in [-0.2, 0) is 6.54 Å². The molecule has 5 nitrogen and oxygen atoms in total. The number of nitrogens with zero attached hydrogens (tertiary/aromatic N) is 1. The predicted molar refractivity (Wildman–Crippen MR) is 90.4 cm³/mol. The highest BCUT2D eigenvalue weighted by Crippen LogP contribution is 2.25. The lowest BCUT2D eigenvalue weighted by molar-refractivity contribution is 0.0565. The van der Waals surface area contributed by atoms with Gasteiger partial charge in [0.25, 0.3) is 0 Å². The van der Waals surface area contributed by atoms with Crippen LogP contribution in [0.15, 0.2) is 18.2 Å². The van der Waals surface area contributed by atoms with E-state index in [0.29, 0.717) is 18.7 Å². The molecule has 0 radical (unpaired) electrons. The number of aliphatic hydroxyl groups excluding tert-OH is 1. The first-order valence-corrected chi connectivity index (χ1v) is 8.59. The van der Waals surface area contributed by atoms with Crippen LogP contribution in [0, 0.1) is 11.7 Å². The summed E-state index contributed by atoms with van der Waals surface area (Å²) in [6.07, 6.45) is 3.59. The Hall–Kier alpha value is -1.82. The molecule has 2 rings (SSSR count). The molecule has 1 aliphatic rings. The van der Waals surface area contributed by atoms with E-state index >= 15 is 0 Å². The number of carbonyl (C=O) groups excluding carboxylic acids is 1. The van der Waals surface area contributed by atoms with Gasteiger partial charge in [-0.3, -0.25) is 0 Å². The summed E-state index contributed by atoms with van der Waals surface area (Å²) < 4.78 is 19.0. The summed E-state index contributed by atoms with van der Waals surface area (Å²) in [6.45, 7) is 2.99. The largest absolute Gasteiger partial charge is 0.491 e. The van der Waals surface area contributed by atoms with E-state index in [0.717, 1.165) is 25.7 Å². The van der Waals surface area contributed by atoms with Crippen molar-refractivity contribution in [3.8, 4) is 5.75 Å². The van der Waals surface area contributed by atoms with Crippen molar-refractivity contribution in [3.63, 3.8) is 0 Å². The maximum atomic E-state index is 13.8. The van der Waals surface area contributed by atoms with Crippen molar-refractivity contribution in [2.75, 3.05) is 20.2 Å². The van der Waals surface area contributed by atoms with E-state index in [1.807, 2.05) is 0 Å². The van der Waals surface area contributed by atoms with Crippen molar-refractivity contribution in [2.24, 2.45) is 5.92 Å². The fraction of sp³-hybridized carbons (Fsp3) is 0.611. The summed E-state index contributed by atoms with van der Waals surface area (Å²) in [5, 5.41) is 12.8. The lowest BCUT2D eigenvalue weighted by atomic mass is 9.86. The number of nitrogens with one attached hydrogen (secondary N) is 1. The lowest BCUT2D eigenvalue weighted by Gasteiger charge is -2.31. The molecule has 0 aliphatic heterocycles. The number of ether oxygens (including phenoxy) is 1. The van der Waals surface area contributed by atoms with Gasteiger partial charge in [-0.25, -0.2) is 9.18 Å². The van der Waals surface area contributed by atoms with Crippen LogP contribution in [0.2, 0.25) is 0 Å². The zero-order chi connectivity index (χ0) is 17.5. The van der Waals surface area contributed by atoms with Gasteiger partial charge in [-0.1, -0.05) is 18.9 Å². The quantitative estimate of drug-likeness (QED) is 0.838. The van der Waals surface area contributed by atoms with Gasteiger partial charge in [-0.15, -0.1) is 0 Å². The zero-order valence-corrected chi connectivity index (χ0v) is 14.4. The second-order valence-corrected chi connectivity index (χ2v) is 6.35. The van der Waals surface area contributed by atoms with E-state index in [-0.39, 0.29) is 30.3 Å². The Morgan fingerprint density at radius 3 is 2.83 bits per heavy atom. The van der Waals surface area contributed by atoms with E-state index in [1.165, 1.54) is 6.07 Å². The van der Waals surface area contributed by atoms with Gasteiger partial charge in [0.1, 0.15) is 0 Å². The van der Waals surface area contributed by atoms with Crippen molar-refractivity contribution >= 4 is 6.03 Å². The van der Waals surface area contributed by atoms with Crippen LogP contribution in [-0.4, -0.2) is 42.3 Å². The summed E-state index contributed by atoms with van der Waals surface area (Å²) in [6, 6.07) is 4.46. The van der Waals surface area contributed by atoms with Crippen molar-refractivity contribution in [3.05, 3.63) is 29.6 Å². The molecular formula is C18H27FN2O3. The lowest BCUT2D eigenvalue weighted by Crippen LogP contribution is -2.42. The highest BCUT2D eigenvalue weighted by molar-refractivity contribution is 5.73. The standard InChI is InChI=1S/C18H27FN2O3/c1-3-24-17-9-8-13(10-15(17)19)11-20-18(23)21(2)12-14-6-4-5-7-16(14)22/h8-10,14,16,22H,3-7,11-12H2,1-2H3,(H,20,23). The van der Waals surface area contributed by atoms with Crippen LogP contribution in [0.5, 0.6) is 5.75 Å². The summed E-state index contributed by atoms with van der Waals surface area (Å²) in [4.78, 5) is 13.8. The summed E-state index contributed by atoms with van der Waals surface area (Å²) in [5.74, 6) is -0.0734. The van der Waals surface area contributed by atoms with E-state index in [2.05, 4.69) is 5.32 Å². The highest BCUT2D eigenvalue weighted by Gasteiger charge is 2.25. The molecule has 2 amide bonds. The number of amides is 2. The molecule has 0 spiro atoms. The molecule has 6 heteroatoms. The molecule has 2 unspecified atom stereocenters. The molecule has 1 aliphatic carbocycles. The second-order valence-electron chi connectivity index (χ2n) is 6.35. The minimum atomic E-state index is -0.428. The fourth-order valence-electron chi connectivity index (χ4n) is 3.08. The molecule has 1 saturated carbocycles. The number of hydrogen-bond donors (Lipinski definition) is 2. The van der Waals surface area contributed by atoms with Crippen molar-refractivity contribution in [2.45, 2.75) is 45.3 Å². The molecule has 2 N–H and O–H groups in total. The third-order valence-electron chi connectivity index (χ3n) is 4.46. The fourth-order valence-corrected chi connectivity index (χ4v) is 3.08. The van der Waals surface area contributed by atoms with Crippen molar-refractivity contribution < 1.29 is 19.0 Å². The highest BCUT2D eigenvalue weighted by atomic mass is 19.1. The number of rotatable bonds is 6. The van der Waals surface area contributed by atoms with Crippen LogP contribution in [0.3, 0.4) is 0 Å². The van der Waals surface area contributed by atoms with Gasteiger partial charge in [-0.2, -0.15) is 0 Å². The van der Waals surface area contributed by atoms with Gasteiger partial charge in [0.15, 0.2) is 11.6 Å². The van der Waals surface area contributed by atoms with Crippen LogP contribution in [0.25, 0.3) is 0 Å². The smallest absolute Gasteiger partial charge is 0.317 e. The zero-order valence-electron chi connectivity index (χ0n) is 14.4. The minimum absolute atomic E-state index is 0.137. The molecule has 0 bridgehead atoms. The Labute approximate surface area is 142 Å². The number of hydrogen-bond acceptors (Lipinski definition) is 3. The van der Waals surface area contributed by atoms with Crippen molar-refractivity contribution in [1.82, 2.24) is 10.2 Å². The first kappa shape index (κ1) is 18.5.